The number of aryl methyl sites for hydroxylation is 1. The first-order chi connectivity index (χ1) is 9.63. The predicted molar refractivity (Wildman–Crippen MR) is 77.2 cm³/mol. The van der Waals surface area contributed by atoms with E-state index in [-0.39, 0.29) is 5.69 Å². The van der Waals surface area contributed by atoms with E-state index in [0.717, 1.165) is 18.4 Å². The van der Waals surface area contributed by atoms with E-state index >= 15 is 0 Å². The van der Waals surface area contributed by atoms with Crippen LogP contribution in [0.15, 0.2) is 36.4 Å². The summed E-state index contributed by atoms with van der Waals surface area (Å²) in [5.41, 5.74) is 2.73. The summed E-state index contributed by atoms with van der Waals surface area (Å²) in [5.74, 6) is -0.571. The third kappa shape index (κ3) is 3.15. The number of pyridine rings is 1. The van der Waals surface area contributed by atoms with Crippen molar-refractivity contribution in [2.45, 2.75) is 19.8 Å². The van der Waals surface area contributed by atoms with E-state index in [9.17, 15) is 4.79 Å². The number of rotatable bonds is 5. The van der Waals surface area contributed by atoms with Gasteiger partial charge in [-0.25, -0.2) is 9.78 Å². The largest absolute Gasteiger partial charge is 0.497 e. The molecular weight excluding hydrogens is 254 g/mol. The molecule has 1 aromatic carbocycles. The Bertz CT molecular complexity index is 606. The van der Waals surface area contributed by atoms with Crippen LogP contribution in [0.1, 0.15) is 29.4 Å². The normalized spacial score (nSPS) is 10.3. The van der Waals surface area contributed by atoms with E-state index < -0.39 is 5.97 Å². The molecule has 0 aliphatic carbocycles. The monoisotopic (exact) mass is 271 g/mol. The molecule has 4 nitrogen and oxygen atoms in total. The van der Waals surface area contributed by atoms with Gasteiger partial charge in [-0.15, -0.1) is 0 Å². The van der Waals surface area contributed by atoms with Gasteiger partial charge in [-0.2, -0.15) is 0 Å². The highest BCUT2D eigenvalue weighted by Crippen LogP contribution is 2.23. The van der Waals surface area contributed by atoms with Gasteiger partial charge in [0.05, 0.1) is 12.8 Å². The summed E-state index contributed by atoms with van der Waals surface area (Å²) < 4.78 is 5.13. The zero-order valence-corrected chi connectivity index (χ0v) is 11.6. The van der Waals surface area contributed by atoms with Crippen molar-refractivity contribution in [1.82, 2.24) is 4.98 Å². The van der Waals surface area contributed by atoms with Crippen molar-refractivity contribution in [3.05, 3.63) is 47.7 Å². The van der Waals surface area contributed by atoms with Gasteiger partial charge in [-0.3, -0.25) is 0 Å². The van der Waals surface area contributed by atoms with E-state index in [1.54, 1.807) is 6.07 Å². The maximum absolute atomic E-state index is 11.1. The van der Waals surface area contributed by atoms with E-state index in [1.165, 1.54) is 18.7 Å². The van der Waals surface area contributed by atoms with Crippen molar-refractivity contribution in [2.24, 2.45) is 0 Å². The second-order valence-electron chi connectivity index (χ2n) is 4.53. The topological polar surface area (TPSA) is 59.4 Å². The van der Waals surface area contributed by atoms with Crippen molar-refractivity contribution < 1.29 is 14.6 Å². The van der Waals surface area contributed by atoms with Crippen LogP contribution in [0.2, 0.25) is 0 Å². The number of carboxylic acid groups (broad SMARTS) is 1. The molecule has 0 unspecified atom stereocenters. The number of benzene rings is 1. The second-order valence-corrected chi connectivity index (χ2v) is 4.53. The van der Waals surface area contributed by atoms with Crippen LogP contribution in [-0.2, 0) is 6.42 Å². The zero-order chi connectivity index (χ0) is 14.5. The van der Waals surface area contributed by atoms with Gasteiger partial charge < -0.3 is 9.84 Å². The van der Waals surface area contributed by atoms with Crippen molar-refractivity contribution in [3.8, 4) is 17.0 Å². The van der Waals surface area contributed by atoms with Crippen LogP contribution in [0.5, 0.6) is 5.75 Å². The summed E-state index contributed by atoms with van der Waals surface area (Å²) in [7, 11) is 1.51. The summed E-state index contributed by atoms with van der Waals surface area (Å²) in [6, 6.07) is 11.1. The quantitative estimate of drug-likeness (QED) is 0.905. The van der Waals surface area contributed by atoms with E-state index in [2.05, 4.69) is 11.9 Å². The van der Waals surface area contributed by atoms with Crippen molar-refractivity contribution in [3.63, 3.8) is 0 Å². The van der Waals surface area contributed by atoms with Crippen LogP contribution in [0.3, 0.4) is 0 Å². The average Bonchev–Trinajstić information content (AvgIpc) is 2.47. The molecule has 104 valence electrons. The Labute approximate surface area is 118 Å². The molecule has 2 aromatic rings. The molecule has 0 spiro atoms. The smallest absolute Gasteiger partial charge is 0.354 e. The first-order valence-electron chi connectivity index (χ1n) is 6.52. The molecule has 1 N–H and O–H groups in total. The fourth-order valence-electron chi connectivity index (χ4n) is 2.01. The lowest BCUT2D eigenvalue weighted by molar-refractivity contribution is 0.0690. The minimum absolute atomic E-state index is 0.0167. The minimum Gasteiger partial charge on any atom is -0.497 e. The number of aromatic carboxylic acids is 1. The van der Waals surface area contributed by atoms with Crippen LogP contribution < -0.4 is 4.74 Å². The first kappa shape index (κ1) is 14.1. The SMILES string of the molecule is CCCc1ccc(-c2cc(OC)cc(C(=O)O)n2)cc1. The summed E-state index contributed by atoms with van der Waals surface area (Å²) in [6.07, 6.45) is 2.13. The molecule has 1 aromatic heterocycles. The maximum Gasteiger partial charge on any atom is 0.354 e. The lowest BCUT2D eigenvalue weighted by Gasteiger charge is -2.07. The Morgan fingerprint density at radius 1 is 1.25 bits per heavy atom. The summed E-state index contributed by atoms with van der Waals surface area (Å²) in [5, 5.41) is 9.07. The molecule has 0 radical (unpaired) electrons. The first-order valence-corrected chi connectivity index (χ1v) is 6.52. The molecule has 2 rings (SSSR count). The number of hydrogen-bond acceptors (Lipinski definition) is 3. The van der Waals surface area contributed by atoms with Gasteiger partial charge in [-0.05, 0) is 12.0 Å². The Kier molecular flexibility index (Phi) is 4.35. The lowest BCUT2D eigenvalue weighted by Crippen LogP contribution is -2.02. The Morgan fingerprint density at radius 2 is 1.95 bits per heavy atom. The number of aromatic nitrogens is 1. The number of carboxylic acids is 1. The van der Waals surface area contributed by atoms with Crippen molar-refractivity contribution >= 4 is 5.97 Å². The van der Waals surface area contributed by atoms with Gasteiger partial charge in [0.25, 0.3) is 0 Å². The number of hydrogen-bond donors (Lipinski definition) is 1. The molecular formula is C16H17NO3. The lowest BCUT2D eigenvalue weighted by atomic mass is 10.1. The fraction of sp³-hybridized carbons (Fsp3) is 0.250. The average molecular weight is 271 g/mol. The van der Waals surface area contributed by atoms with Gasteiger partial charge in [-0.1, -0.05) is 37.6 Å². The molecule has 0 amide bonds. The highest BCUT2D eigenvalue weighted by atomic mass is 16.5. The number of ether oxygens (including phenoxy) is 1. The van der Waals surface area contributed by atoms with Crippen LogP contribution in [0, 0.1) is 0 Å². The van der Waals surface area contributed by atoms with Crippen LogP contribution in [-0.4, -0.2) is 23.2 Å². The molecule has 0 fully saturated rings. The molecule has 1 heterocycles. The highest BCUT2D eigenvalue weighted by Gasteiger charge is 2.10. The maximum atomic E-state index is 11.1. The molecule has 0 aliphatic rings. The molecule has 0 atom stereocenters. The Morgan fingerprint density at radius 3 is 2.50 bits per heavy atom. The molecule has 0 bridgehead atoms. The van der Waals surface area contributed by atoms with Crippen molar-refractivity contribution in [2.75, 3.05) is 7.11 Å². The Balaban J connectivity index is 2.40. The second kappa shape index (κ2) is 6.19. The number of nitrogens with zero attached hydrogens (tertiary/aromatic N) is 1. The van der Waals surface area contributed by atoms with Gasteiger partial charge in [0.15, 0.2) is 5.69 Å². The summed E-state index contributed by atoms with van der Waals surface area (Å²) in [6.45, 7) is 2.14. The fourth-order valence-corrected chi connectivity index (χ4v) is 2.01. The van der Waals surface area contributed by atoms with Crippen molar-refractivity contribution in [1.29, 1.82) is 0 Å². The van der Waals surface area contributed by atoms with Crippen LogP contribution in [0.25, 0.3) is 11.3 Å². The summed E-state index contributed by atoms with van der Waals surface area (Å²) in [4.78, 5) is 15.2. The third-order valence-electron chi connectivity index (χ3n) is 3.04. The van der Waals surface area contributed by atoms with Gasteiger partial charge in [0.2, 0.25) is 0 Å². The zero-order valence-electron chi connectivity index (χ0n) is 11.6. The molecule has 4 heteroatoms. The van der Waals surface area contributed by atoms with Crippen LogP contribution in [0.4, 0.5) is 0 Å². The molecule has 0 aliphatic heterocycles. The third-order valence-corrected chi connectivity index (χ3v) is 3.04. The minimum atomic E-state index is -1.06. The Hall–Kier alpha value is -2.36. The molecule has 0 saturated carbocycles. The summed E-state index contributed by atoms with van der Waals surface area (Å²) >= 11 is 0. The van der Waals surface area contributed by atoms with Crippen LogP contribution >= 0.6 is 0 Å². The van der Waals surface area contributed by atoms with E-state index in [1.807, 2.05) is 24.3 Å². The molecule has 20 heavy (non-hydrogen) atoms. The van der Waals surface area contributed by atoms with E-state index in [0.29, 0.717) is 11.4 Å². The number of carbonyl (C=O) groups is 1. The highest BCUT2D eigenvalue weighted by molar-refractivity contribution is 5.86. The molecule has 0 saturated heterocycles. The predicted octanol–water partition coefficient (Wildman–Crippen LogP) is 3.41. The van der Waals surface area contributed by atoms with E-state index in [4.69, 9.17) is 9.84 Å². The van der Waals surface area contributed by atoms with Gasteiger partial charge >= 0.3 is 5.97 Å². The number of methoxy groups -OCH3 is 1. The standard InChI is InChI=1S/C16H17NO3/c1-3-4-11-5-7-12(8-6-11)14-9-13(20-2)10-15(17-14)16(18)19/h5-10H,3-4H2,1-2H3,(H,18,19). The van der Waals surface area contributed by atoms with Gasteiger partial charge in [0, 0.05) is 17.7 Å². The van der Waals surface area contributed by atoms with Gasteiger partial charge in [0.1, 0.15) is 5.75 Å².